The first-order valence-electron chi connectivity index (χ1n) is 4.65. The molecule has 1 aromatic carbocycles. The second-order valence-corrected chi connectivity index (χ2v) is 3.11. The number of rotatable bonds is 3. The Bertz CT molecular complexity index is 431. The topological polar surface area (TPSA) is 42.6 Å². The van der Waals surface area contributed by atoms with E-state index in [0.29, 0.717) is 18.1 Å². The zero-order chi connectivity index (χ0) is 9.97. The highest BCUT2D eigenvalue weighted by atomic mass is 16.6. The average molecular weight is 192 g/mol. The summed E-state index contributed by atoms with van der Waals surface area (Å²) in [6, 6.07) is 7.02. The number of fused-ring (bicyclic) bond motifs is 1. The van der Waals surface area contributed by atoms with Crippen molar-refractivity contribution < 1.29 is 14.3 Å². The van der Waals surface area contributed by atoms with E-state index in [-0.39, 0.29) is 5.75 Å². The van der Waals surface area contributed by atoms with Crippen molar-refractivity contribution in [1.82, 2.24) is 0 Å². The summed E-state index contributed by atoms with van der Waals surface area (Å²) in [7, 11) is 0. The van der Waals surface area contributed by atoms with E-state index in [0.717, 1.165) is 11.8 Å². The van der Waals surface area contributed by atoms with E-state index < -0.39 is 0 Å². The Morgan fingerprint density at radius 3 is 3.00 bits per heavy atom. The molecule has 0 spiro atoms. The van der Waals surface area contributed by atoms with E-state index in [9.17, 15) is 5.11 Å². The lowest BCUT2D eigenvalue weighted by atomic mass is 10.2. The van der Waals surface area contributed by atoms with Crippen LogP contribution >= 0.6 is 0 Å². The maximum atomic E-state index is 9.46. The number of phenolic OH excluding ortho intramolecular Hbond substituents is 1. The molecule has 0 aliphatic heterocycles. The van der Waals surface area contributed by atoms with Crippen molar-refractivity contribution in [1.29, 1.82) is 0 Å². The highest BCUT2D eigenvalue weighted by molar-refractivity contribution is 5.83. The number of phenols is 1. The van der Waals surface area contributed by atoms with Crippen molar-refractivity contribution in [3.8, 4) is 11.7 Å². The molecule has 14 heavy (non-hydrogen) atoms. The highest BCUT2D eigenvalue weighted by Gasteiger charge is 2.07. The third kappa shape index (κ3) is 1.53. The molecule has 0 radical (unpaired) electrons. The SMILES string of the molecule is CCCOc1cc2cccc(O)c2o1. The maximum Gasteiger partial charge on any atom is 0.285 e. The number of furan rings is 1. The van der Waals surface area contributed by atoms with Crippen LogP contribution in [0, 0.1) is 0 Å². The van der Waals surface area contributed by atoms with Crippen LogP contribution in [-0.2, 0) is 0 Å². The van der Waals surface area contributed by atoms with Crippen LogP contribution in [0.3, 0.4) is 0 Å². The molecule has 3 nitrogen and oxygen atoms in total. The van der Waals surface area contributed by atoms with Gasteiger partial charge in [0.25, 0.3) is 5.95 Å². The van der Waals surface area contributed by atoms with Gasteiger partial charge in [-0.15, -0.1) is 0 Å². The highest BCUT2D eigenvalue weighted by Crippen LogP contribution is 2.31. The zero-order valence-electron chi connectivity index (χ0n) is 7.99. The predicted molar refractivity (Wildman–Crippen MR) is 53.7 cm³/mol. The Morgan fingerprint density at radius 1 is 1.43 bits per heavy atom. The number of benzene rings is 1. The van der Waals surface area contributed by atoms with Crippen molar-refractivity contribution in [3.63, 3.8) is 0 Å². The molecule has 0 atom stereocenters. The van der Waals surface area contributed by atoms with Crippen molar-refractivity contribution >= 4 is 11.0 Å². The van der Waals surface area contributed by atoms with Crippen LogP contribution in [0.25, 0.3) is 11.0 Å². The minimum absolute atomic E-state index is 0.147. The van der Waals surface area contributed by atoms with E-state index in [1.54, 1.807) is 18.2 Å². The summed E-state index contributed by atoms with van der Waals surface area (Å²) >= 11 is 0. The summed E-state index contributed by atoms with van der Waals surface area (Å²) in [5.74, 6) is 0.609. The van der Waals surface area contributed by atoms with Gasteiger partial charge in [0.1, 0.15) is 0 Å². The van der Waals surface area contributed by atoms with Gasteiger partial charge in [-0.25, -0.2) is 0 Å². The number of para-hydroxylation sites is 1. The number of hydrogen-bond donors (Lipinski definition) is 1. The van der Waals surface area contributed by atoms with Crippen molar-refractivity contribution in [2.75, 3.05) is 6.61 Å². The maximum absolute atomic E-state index is 9.46. The summed E-state index contributed by atoms with van der Waals surface area (Å²) in [5.41, 5.74) is 0.485. The van der Waals surface area contributed by atoms with E-state index in [1.807, 2.05) is 13.0 Å². The normalized spacial score (nSPS) is 10.6. The molecular formula is C11H12O3. The molecule has 2 aromatic rings. The second kappa shape index (κ2) is 3.62. The molecule has 74 valence electrons. The third-order valence-corrected chi connectivity index (χ3v) is 1.95. The van der Waals surface area contributed by atoms with Gasteiger partial charge in [-0.05, 0) is 12.5 Å². The Hall–Kier alpha value is -1.64. The summed E-state index contributed by atoms with van der Waals surface area (Å²) in [6.45, 7) is 2.65. The fraction of sp³-hybridized carbons (Fsp3) is 0.273. The minimum atomic E-state index is 0.147. The minimum Gasteiger partial charge on any atom is -0.504 e. The monoisotopic (exact) mass is 192 g/mol. The molecule has 2 rings (SSSR count). The lowest BCUT2D eigenvalue weighted by Crippen LogP contribution is -1.92. The smallest absolute Gasteiger partial charge is 0.285 e. The fourth-order valence-electron chi connectivity index (χ4n) is 1.30. The molecule has 1 N–H and O–H groups in total. The van der Waals surface area contributed by atoms with Crippen LogP contribution in [0.4, 0.5) is 0 Å². The van der Waals surface area contributed by atoms with Crippen LogP contribution < -0.4 is 4.74 Å². The van der Waals surface area contributed by atoms with Gasteiger partial charge in [-0.1, -0.05) is 19.1 Å². The fourth-order valence-corrected chi connectivity index (χ4v) is 1.30. The average Bonchev–Trinajstić information content (AvgIpc) is 2.59. The van der Waals surface area contributed by atoms with E-state index >= 15 is 0 Å². The Morgan fingerprint density at radius 2 is 2.29 bits per heavy atom. The number of ether oxygens (including phenoxy) is 1. The van der Waals surface area contributed by atoms with E-state index in [2.05, 4.69) is 0 Å². The quantitative estimate of drug-likeness (QED) is 0.812. The van der Waals surface area contributed by atoms with Gasteiger partial charge in [0.05, 0.1) is 6.61 Å². The predicted octanol–water partition coefficient (Wildman–Crippen LogP) is 2.93. The Kier molecular flexibility index (Phi) is 2.31. The molecule has 0 saturated carbocycles. The molecule has 0 aliphatic carbocycles. The standard InChI is InChI=1S/C11H12O3/c1-2-6-13-10-7-8-4-3-5-9(12)11(8)14-10/h3-5,7,12H,2,6H2,1H3. The second-order valence-electron chi connectivity index (χ2n) is 3.11. The zero-order valence-corrected chi connectivity index (χ0v) is 7.99. The van der Waals surface area contributed by atoms with Crippen molar-refractivity contribution in [2.45, 2.75) is 13.3 Å². The lowest BCUT2D eigenvalue weighted by molar-refractivity contribution is 0.249. The van der Waals surface area contributed by atoms with E-state index in [4.69, 9.17) is 9.15 Å². The van der Waals surface area contributed by atoms with Gasteiger partial charge in [0.15, 0.2) is 11.3 Å². The molecule has 0 fully saturated rings. The molecule has 0 amide bonds. The van der Waals surface area contributed by atoms with Crippen LogP contribution in [-0.4, -0.2) is 11.7 Å². The lowest BCUT2D eigenvalue weighted by Gasteiger charge is -1.97. The van der Waals surface area contributed by atoms with Gasteiger partial charge in [0, 0.05) is 11.5 Å². The molecule has 1 aromatic heterocycles. The first-order valence-corrected chi connectivity index (χ1v) is 4.65. The van der Waals surface area contributed by atoms with Crippen molar-refractivity contribution in [2.24, 2.45) is 0 Å². The number of hydrogen-bond acceptors (Lipinski definition) is 3. The molecule has 0 saturated heterocycles. The first-order chi connectivity index (χ1) is 6.81. The first kappa shape index (κ1) is 8.94. The largest absolute Gasteiger partial charge is 0.504 e. The molecule has 0 bridgehead atoms. The van der Waals surface area contributed by atoms with Crippen LogP contribution in [0.2, 0.25) is 0 Å². The van der Waals surface area contributed by atoms with Gasteiger partial charge in [-0.2, -0.15) is 0 Å². The van der Waals surface area contributed by atoms with E-state index in [1.165, 1.54) is 0 Å². The molecule has 0 aliphatic rings. The Labute approximate surface area is 81.9 Å². The third-order valence-electron chi connectivity index (χ3n) is 1.95. The molecule has 3 heteroatoms. The Balaban J connectivity index is 2.36. The summed E-state index contributed by atoms with van der Waals surface area (Å²) in [5, 5.41) is 10.3. The van der Waals surface area contributed by atoms with Gasteiger partial charge in [-0.3, -0.25) is 0 Å². The number of aromatic hydroxyl groups is 1. The molecule has 1 heterocycles. The van der Waals surface area contributed by atoms with Crippen molar-refractivity contribution in [3.05, 3.63) is 24.3 Å². The summed E-state index contributed by atoms with van der Waals surface area (Å²) in [6.07, 6.45) is 0.934. The van der Waals surface area contributed by atoms with Gasteiger partial charge >= 0.3 is 0 Å². The van der Waals surface area contributed by atoms with Crippen LogP contribution in [0.1, 0.15) is 13.3 Å². The van der Waals surface area contributed by atoms with Crippen LogP contribution in [0.15, 0.2) is 28.7 Å². The summed E-state index contributed by atoms with van der Waals surface area (Å²) in [4.78, 5) is 0. The molecule has 0 unspecified atom stereocenters. The summed E-state index contributed by atoms with van der Waals surface area (Å²) < 4.78 is 10.6. The van der Waals surface area contributed by atoms with Crippen LogP contribution in [0.5, 0.6) is 11.7 Å². The van der Waals surface area contributed by atoms with Gasteiger partial charge in [0.2, 0.25) is 0 Å². The molecular weight excluding hydrogens is 180 g/mol. The van der Waals surface area contributed by atoms with Gasteiger partial charge < -0.3 is 14.3 Å².